The Balaban J connectivity index is 2.20. The second-order valence-corrected chi connectivity index (χ2v) is 4.73. The van der Waals surface area contributed by atoms with Crippen LogP contribution in [-0.2, 0) is 13.5 Å². The molecule has 1 unspecified atom stereocenters. The molecule has 0 saturated carbocycles. The minimum atomic E-state index is 0.0785. The summed E-state index contributed by atoms with van der Waals surface area (Å²) in [6.07, 6.45) is 2.45. The molecular formula is C11H15BrN6. The van der Waals surface area contributed by atoms with E-state index >= 15 is 0 Å². The summed E-state index contributed by atoms with van der Waals surface area (Å²) in [4.78, 5) is 5.87. The molecule has 0 aliphatic carbocycles. The largest absolute Gasteiger partial charge is 0.308 e. The van der Waals surface area contributed by atoms with E-state index < -0.39 is 0 Å². The first kappa shape index (κ1) is 13.1. The number of rotatable bonds is 5. The van der Waals surface area contributed by atoms with Crippen molar-refractivity contribution in [3.05, 3.63) is 34.3 Å². The first-order valence-corrected chi connectivity index (χ1v) is 6.56. The number of pyridine rings is 1. The lowest BCUT2D eigenvalue weighted by Crippen LogP contribution is -2.24. The molecule has 0 spiro atoms. The average molecular weight is 311 g/mol. The van der Waals surface area contributed by atoms with E-state index in [1.54, 1.807) is 13.2 Å². The Bertz CT molecular complexity index is 512. The summed E-state index contributed by atoms with van der Waals surface area (Å²) < 4.78 is 0.986. The third-order valence-corrected chi connectivity index (χ3v) is 3.17. The Morgan fingerprint density at radius 3 is 2.94 bits per heavy atom. The number of nitrogens with one attached hydrogen (secondary N) is 1. The summed E-state index contributed by atoms with van der Waals surface area (Å²) in [6.45, 7) is 2.92. The second-order valence-electron chi connectivity index (χ2n) is 3.88. The van der Waals surface area contributed by atoms with E-state index in [-0.39, 0.29) is 6.04 Å². The van der Waals surface area contributed by atoms with E-state index in [0.29, 0.717) is 12.2 Å². The van der Waals surface area contributed by atoms with Crippen LogP contribution in [0, 0.1) is 0 Å². The minimum absolute atomic E-state index is 0.0785. The van der Waals surface area contributed by atoms with E-state index in [0.717, 1.165) is 16.7 Å². The van der Waals surface area contributed by atoms with Gasteiger partial charge in [0.05, 0.1) is 18.8 Å². The molecule has 0 aliphatic rings. The monoisotopic (exact) mass is 310 g/mol. The predicted molar refractivity (Wildman–Crippen MR) is 70.9 cm³/mol. The van der Waals surface area contributed by atoms with Crippen LogP contribution in [0.15, 0.2) is 22.8 Å². The quantitative estimate of drug-likeness (QED) is 0.900. The van der Waals surface area contributed by atoms with Gasteiger partial charge in [0.15, 0.2) is 5.82 Å². The van der Waals surface area contributed by atoms with Crippen LogP contribution in [0.25, 0.3) is 0 Å². The summed E-state index contributed by atoms with van der Waals surface area (Å²) in [6, 6.07) is 3.96. The van der Waals surface area contributed by atoms with E-state index in [1.807, 2.05) is 12.1 Å². The number of hydrogen-bond donors (Lipinski definition) is 1. The number of aromatic nitrogens is 5. The Hall–Kier alpha value is -1.34. The summed E-state index contributed by atoms with van der Waals surface area (Å²) in [7, 11) is 1.76. The highest BCUT2D eigenvalue weighted by Gasteiger charge is 2.17. The lowest BCUT2D eigenvalue weighted by atomic mass is 10.1. The van der Waals surface area contributed by atoms with Crippen LogP contribution in [0.1, 0.15) is 24.5 Å². The van der Waals surface area contributed by atoms with E-state index in [4.69, 9.17) is 0 Å². The Morgan fingerprint density at radius 2 is 2.33 bits per heavy atom. The lowest BCUT2D eigenvalue weighted by molar-refractivity contribution is 0.520. The van der Waals surface area contributed by atoms with Crippen LogP contribution in [0.4, 0.5) is 0 Å². The molecule has 0 radical (unpaired) electrons. The van der Waals surface area contributed by atoms with Gasteiger partial charge in [0.2, 0.25) is 0 Å². The van der Waals surface area contributed by atoms with Crippen molar-refractivity contribution >= 4 is 15.9 Å². The van der Waals surface area contributed by atoms with Crippen LogP contribution < -0.4 is 5.32 Å². The Labute approximate surface area is 114 Å². The standard InChI is InChI=1S/C11H15BrN6/c1-3-13-9(7-10-15-17-18(2)16-10)11-8(12)5-4-6-14-11/h4-6,9,13H,3,7H2,1-2H3. The fourth-order valence-electron chi connectivity index (χ4n) is 1.75. The number of aryl methyl sites for hydroxylation is 1. The molecule has 2 rings (SSSR count). The summed E-state index contributed by atoms with van der Waals surface area (Å²) >= 11 is 3.52. The molecule has 0 bridgehead atoms. The van der Waals surface area contributed by atoms with Gasteiger partial charge >= 0.3 is 0 Å². The van der Waals surface area contributed by atoms with Gasteiger partial charge in [-0.15, -0.1) is 10.2 Å². The Morgan fingerprint density at radius 1 is 1.50 bits per heavy atom. The number of halogens is 1. The highest BCUT2D eigenvalue weighted by Crippen LogP contribution is 2.22. The highest BCUT2D eigenvalue weighted by atomic mass is 79.9. The van der Waals surface area contributed by atoms with Gasteiger partial charge < -0.3 is 5.32 Å². The SMILES string of the molecule is CCNC(Cc1nnn(C)n1)c1ncccc1Br. The molecule has 1 atom stereocenters. The van der Waals surface area contributed by atoms with E-state index in [2.05, 4.69) is 48.6 Å². The molecular weight excluding hydrogens is 296 g/mol. The van der Waals surface area contributed by atoms with Gasteiger partial charge in [-0.2, -0.15) is 4.80 Å². The molecule has 2 aromatic rings. The first-order valence-electron chi connectivity index (χ1n) is 5.77. The van der Waals surface area contributed by atoms with Crippen molar-refractivity contribution in [3.63, 3.8) is 0 Å². The highest BCUT2D eigenvalue weighted by molar-refractivity contribution is 9.10. The number of tetrazole rings is 1. The maximum atomic E-state index is 4.41. The van der Waals surface area contributed by atoms with Crippen LogP contribution in [-0.4, -0.2) is 31.7 Å². The van der Waals surface area contributed by atoms with E-state index in [1.165, 1.54) is 4.80 Å². The van der Waals surface area contributed by atoms with Crippen LogP contribution in [0.2, 0.25) is 0 Å². The predicted octanol–water partition coefficient (Wildman–Crippen LogP) is 1.26. The maximum absolute atomic E-state index is 4.41. The van der Waals surface area contributed by atoms with Crippen LogP contribution >= 0.6 is 15.9 Å². The Kier molecular flexibility index (Phi) is 4.38. The zero-order valence-electron chi connectivity index (χ0n) is 10.3. The zero-order valence-corrected chi connectivity index (χ0v) is 11.9. The number of hydrogen-bond acceptors (Lipinski definition) is 5. The molecule has 2 heterocycles. The molecule has 96 valence electrons. The fourth-order valence-corrected chi connectivity index (χ4v) is 2.29. The molecule has 2 aromatic heterocycles. The minimum Gasteiger partial charge on any atom is -0.308 e. The van der Waals surface area contributed by atoms with Crippen molar-refractivity contribution in [1.29, 1.82) is 0 Å². The topological polar surface area (TPSA) is 68.5 Å². The van der Waals surface area contributed by atoms with Crippen molar-refractivity contribution in [2.75, 3.05) is 6.54 Å². The third kappa shape index (κ3) is 3.11. The zero-order chi connectivity index (χ0) is 13.0. The summed E-state index contributed by atoms with van der Waals surface area (Å²) in [5, 5.41) is 15.4. The van der Waals surface area contributed by atoms with Gasteiger partial charge in [-0.25, -0.2) is 0 Å². The van der Waals surface area contributed by atoms with Crippen molar-refractivity contribution < 1.29 is 0 Å². The van der Waals surface area contributed by atoms with Gasteiger partial charge in [0.25, 0.3) is 0 Å². The van der Waals surface area contributed by atoms with Gasteiger partial charge in [-0.05, 0) is 39.8 Å². The normalized spacial score (nSPS) is 12.6. The third-order valence-electron chi connectivity index (χ3n) is 2.50. The molecule has 0 saturated heterocycles. The van der Waals surface area contributed by atoms with Crippen molar-refractivity contribution in [2.24, 2.45) is 7.05 Å². The average Bonchev–Trinajstić information content (AvgIpc) is 2.75. The molecule has 0 amide bonds. The molecule has 0 aromatic carbocycles. The van der Waals surface area contributed by atoms with Gasteiger partial charge in [0, 0.05) is 17.1 Å². The van der Waals surface area contributed by atoms with Gasteiger partial charge in [-0.3, -0.25) is 4.98 Å². The number of nitrogens with zero attached hydrogens (tertiary/aromatic N) is 5. The molecule has 6 nitrogen and oxygen atoms in total. The van der Waals surface area contributed by atoms with Crippen molar-refractivity contribution in [1.82, 2.24) is 30.5 Å². The maximum Gasteiger partial charge on any atom is 0.176 e. The van der Waals surface area contributed by atoms with E-state index in [9.17, 15) is 0 Å². The van der Waals surface area contributed by atoms with Crippen LogP contribution in [0.3, 0.4) is 0 Å². The smallest absolute Gasteiger partial charge is 0.176 e. The second kappa shape index (κ2) is 6.01. The summed E-state index contributed by atoms with van der Waals surface area (Å²) in [5.74, 6) is 0.709. The molecule has 7 heteroatoms. The fraction of sp³-hybridized carbons (Fsp3) is 0.455. The summed E-state index contributed by atoms with van der Waals surface area (Å²) in [5.41, 5.74) is 0.965. The van der Waals surface area contributed by atoms with Gasteiger partial charge in [-0.1, -0.05) is 6.92 Å². The first-order chi connectivity index (χ1) is 8.70. The van der Waals surface area contributed by atoms with Gasteiger partial charge in [0.1, 0.15) is 0 Å². The van der Waals surface area contributed by atoms with Crippen molar-refractivity contribution in [3.8, 4) is 0 Å². The molecule has 18 heavy (non-hydrogen) atoms. The molecule has 0 fully saturated rings. The molecule has 0 aliphatic heterocycles. The lowest BCUT2D eigenvalue weighted by Gasteiger charge is -2.16. The number of likely N-dealkylation sites (N-methyl/N-ethyl adjacent to an activating group) is 1. The van der Waals surface area contributed by atoms with Crippen LogP contribution in [0.5, 0.6) is 0 Å². The van der Waals surface area contributed by atoms with Crippen molar-refractivity contribution in [2.45, 2.75) is 19.4 Å². The molecule has 1 N–H and O–H groups in total.